The van der Waals surface area contributed by atoms with Gasteiger partial charge in [0, 0.05) is 18.0 Å². The molecule has 0 bridgehead atoms. The van der Waals surface area contributed by atoms with Gasteiger partial charge in [-0.05, 0) is 24.5 Å². The van der Waals surface area contributed by atoms with Gasteiger partial charge in [0.15, 0.2) is 11.5 Å². The van der Waals surface area contributed by atoms with Crippen LogP contribution in [0.5, 0.6) is 11.5 Å². The first-order chi connectivity index (χ1) is 9.03. The van der Waals surface area contributed by atoms with Crippen LogP contribution in [0, 0.1) is 0 Å². The fourth-order valence-electron chi connectivity index (χ4n) is 1.97. The van der Waals surface area contributed by atoms with Gasteiger partial charge in [-0.1, -0.05) is 13.0 Å². The van der Waals surface area contributed by atoms with Crippen molar-refractivity contribution in [2.45, 2.75) is 32.2 Å². The lowest BCUT2D eigenvalue weighted by atomic mass is 9.98. The molecule has 0 amide bonds. The second kappa shape index (κ2) is 6.99. The van der Waals surface area contributed by atoms with Crippen molar-refractivity contribution in [1.29, 1.82) is 0 Å². The molecule has 0 aromatic heterocycles. The summed E-state index contributed by atoms with van der Waals surface area (Å²) < 4.78 is 10.6. The molecule has 0 spiro atoms. The average Bonchev–Trinajstić information content (AvgIpc) is 2.42. The first-order valence-corrected chi connectivity index (χ1v) is 6.25. The molecule has 0 heterocycles. The van der Waals surface area contributed by atoms with Crippen molar-refractivity contribution in [3.8, 4) is 11.5 Å². The molecule has 1 atom stereocenters. The van der Waals surface area contributed by atoms with Crippen molar-refractivity contribution in [2.75, 3.05) is 14.2 Å². The number of methoxy groups -OCH3 is 2. The number of rotatable bonds is 7. The normalized spacial score (nSPS) is 12.0. The van der Waals surface area contributed by atoms with Crippen molar-refractivity contribution < 1.29 is 19.4 Å². The van der Waals surface area contributed by atoms with E-state index in [4.69, 9.17) is 20.3 Å². The lowest BCUT2D eigenvalue weighted by molar-refractivity contribution is -0.137. The third-order valence-electron chi connectivity index (χ3n) is 3.04. The van der Waals surface area contributed by atoms with Crippen LogP contribution in [0.1, 0.15) is 36.9 Å². The molecule has 3 N–H and O–H groups in total. The third kappa shape index (κ3) is 3.86. The second-order valence-corrected chi connectivity index (χ2v) is 4.31. The van der Waals surface area contributed by atoms with Gasteiger partial charge in [0.05, 0.1) is 14.2 Å². The van der Waals surface area contributed by atoms with Gasteiger partial charge in [0.25, 0.3) is 0 Å². The highest BCUT2D eigenvalue weighted by atomic mass is 16.5. The summed E-state index contributed by atoms with van der Waals surface area (Å²) in [5.41, 5.74) is 7.94. The smallest absolute Gasteiger partial charge is 0.303 e. The van der Waals surface area contributed by atoms with E-state index < -0.39 is 5.97 Å². The Morgan fingerprint density at radius 2 is 2.05 bits per heavy atom. The molecule has 0 aliphatic heterocycles. The van der Waals surface area contributed by atoms with Crippen molar-refractivity contribution in [3.05, 3.63) is 23.3 Å². The number of benzene rings is 1. The SMILES string of the molecule is CCc1cc(OC)c(OC)c(C(N)CCC(=O)O)c1. The molecular formula is C14H21NO4. The molecule has 106 valence electrons. The summed E-state index contributed by atoms with van der Waals surface area (Å²) in [6.07, 6.45) is 1.24. The Morgan fingerprint density at radius 1 is 1.37 bits per heavy atom. The maximum atomic E-state index is 10.6. The molecule has 5 heteroatoms. The minimum atomic E-state index is -0.854. The second-order valence-electron chi connectivity index (χ2n) is 4.31. The van der Waals surface area contributed by atoms with E-state index >= 15 is 0 Å². The zero-order valence-electron chi connectivity index (χ0n) is 11.6. The maximum Gasteiger partial charge on any atom is 0.303 e. The third-order valence-corrected chi connectivity index (χ3v) is 3.04. The number of nitrogens with two attached hydrogens (primary N) is 1. The van der Waals surface area contributed by atoms with E-state index in [-0.39, 0.29) is 12.5 Å². The fraction of sp³-hybridized carbons (Fsp3) is 0.500. The van der Waals surface area contributed by atoms with Crippen LogP contribution in [-0.2, 0) is 11.2 Å². The van der Waals surface area contributed by atoms with Crippen LogP contribution in [0.2, 0.25) is 0 Å². The van der Waals surface area contributed by atoms with Crippen LogP contribution < -0.4 is 15.2 Å². The van der Waals surface area contributed by atoms with Crippen molar-refractivity contribution in [1.82, 2.24) is 0 Å². The van der Waals surface area contributed by atoms with Crippen LogP contribution in [0.3, 0.4) is 0 Å². The molecule has 1 aromatic carbocycles. The Kier molecular flexibility index (Phi) is 5.63. The van der Waals surface area contributed by atoms with E-state index in [9.17, 15) is 4.79 Å². The molecular weight excluding hydrogens is 246 g/mol. The molecule has 1 rings (SSSR count). The Labute approximate surface area is 113 Å². The summed E-state index contributed by atoms with van der Waals surface area (Å²) in [5, 5.41) is 8.73. The van der Waals surface area contributed by atoms with Crippen molar-refractivity contribution in [2.24, 2.45) is 5.73 Å². The Bertz CT molecular complexity index is 445. The van der Waals surface area contributed by atoms with Crippen LogP contribution >= 0.6 is 0 Å². The van der Waals surface area contributed by atoms with E-state index in [1.807, 2.05) is 19.1 Å². The number of aryl methyl sites for hydroxylation is 1. The van der Waals surface area contributed by atoms with Gasteiger partial charge in [-0.25, -0.2) is 0 Å². The summed E-state index contributed by atoms with van der Waals surface area (Å²) in [5.74, 6) is 0.355. The molecule has 0 radical (unpaired) electrons. The summed E-state index contributed by atoms with van der Waals surface area (Å²) in [6.45, 7) is 2.04. The molecule has 0 saturated carbocycles. The van der Waals surface area contributed by atoms with Gasteiger partial charge >= 0.3 is 5.97 Å². The fourth-order valence-corrected chi connectivity index (χ4v) is 1.97. The largest absolute Gasteiger partial charge is 0.493 e. The van der Waals surface area contributed by atoms with Crippen LogP contribution in [0.25, 0.3) is 0 Å². The molecule has 0 aliphatic rings. The van der Waals surface area contributed by atoms with Gasteiger partial charge in [-0.15, -0.1) is 0 Å². The van der Waals surface area contributed by atoms with Crippen molar-refractivity contribution in [3.63, 3.8) is 0 Å². The molecule has 5 nitrogen and oxygen atoms in total. The first kappa shape index (κ1) is 15.3. The number of carboxylic acids is 1. The number of ether oxygens (including phenoxy) is 2. The zero-order valence-corrected chi connectivity index (χ0v) is 11.6. The van der Waals surface area contributed by atoms with Gasteiger partial charge in [-0.2, -0.15) is 0 Å². The molecule has 0 fully saturated rings. The monoisotopic (exact) mass is 267 g/mol. The standard InChI is InChI=1S/C14H21NO4/c1-4-9-7-10(11(15)5-6-13(16)17)14(19-3)12(8-9)18-2/h7-8,11H,4-6,15H2,1-3H3,(H,16,17). The van der Waals surface area contributed by atoms with Gasteiger partial charge < -0.3 is 20.3 Å². The van der Waals surface area contributed by atoms with Crippen LogP contribution in [0.4, 0.5) is 0 Å². The van der Waals surface area contributed by atoms with Gasteiger partial charge in [-0.3, -0.25) is 4.79 Å². The number of hydrogen-bond donors (Lipinski definition) is 2. The topological polar surface area (TPSA) is 81.8 Å². The maximum absolute atomic E-state index is 10.6. The van der Waals surface area contributed by atoms with E-state index in [0.29, 0.717) is 17.9 Å². The van der Waals surface area contributed by atoms with Crippen LogP contribution in [0.15, 0.2) is 12.1 Å². The highest BCUT2D eigenvalue weighted by Crippen LogP contribution is 2.36. The first-order valence-electron chi connectivity index (χ1n) is 6.25. The van der Waals surface area contributed by atoms with Crippen LogP contribution in [-0.4, -0.2) is 25.3 Å². The minimum absolute atomic E-state index is 0.0307. The molecule has 0 aliphatic carbocycles. The number of carboxylic acid groups (broad SMARTS) is 1. The van der Waals surface area contributed by atoms with Crippen molar-refractivity contribution >= 4 is 5.97 Å². The Balaban J connectivity index is 3.11. The van der Waals surface area contributed by atoms with Gasteiger partial charge in [0.1, 0.15) is 0 Å². The number of aliphatic carboxylic acids is 1. The lowest BCUT2D eigenvalue weighted by Gasteiger charge is -2.19. The summed E-state index contributed by atoms with van der Waals surface area (Å²) >= 11 is 0. The number of hydrogen-bond acceptors (Lipinski definition) is 4. The quantitative estimate of drug-likeness (QED) is 0.791. The molecule has 1 unspecified atom stereocenters. The van der Waals surface area contributed by atoms with E-state index in [1.54, 1.807) is 14.2 Å². The van der Waals surface area contributed by atoms with E-state index in [2.05, 4.69) is 0 Å². The zero-order chi connectivity index (χ0) is 14.4. The average molecular weight is 267 g/mol. The minimum Gasteiger partial charge on any atom is -0.493 e. The van der Waals surface area contributed by atoms with Gasteiger partial charge in [0.2, 0.25) is 0 Å². The summed E-state index contributed by atoms with van der Waals surface area (Å²) in [6, 6.07) is 3.48. The van der Waals surface area contributed by atoms with E-state index in [1.165, 1.54) is 0 Å². The molecule has 0 saturated heterocycles. The number of carbonyl (C=O) groups is 1. The Morgan fingerprint density at radius 3 is 2.53 bits per heavy atom. The summed E-state index contributed by atoms with van der Waals surface area (Å²) in [7, 11) is 3.13. The molecule has 19 heavy (non-hydrogen) atoms. The predicted molar refractivity (Wildman–Crippen MR) is 72.7 cm³/mol. The lowest BCUT2D eigenvalue weighted by Crippen LogP contribution is -2.14. The molecule has 1 aromatic rings. The highest BCUT2D eigenvalue weighted by molar-refractivity contribution is 5.66. The Hall–Kier alpha value is -1.75. The summed E-state index contributed by atoms with van der Waals surface area (Å²) in [4.78, 5) is 10.6. The predicted octanol–water partition coefficient (Wildman–Crippen LogP) is 2.13. The van der Waals surface area contributed by atoms with E-state index in [0.717, 1.165) is 17.5 Å². The highest BCUT2D eigenvalue weighted by Gasteiger charge is 2.18.